The molecule has 0 saturated carbocycles. The molecule has 124 valence electrons. The third-order valence-electron chi connectivity index (χ3n) is 4.57. The average Bonchev–Trinajstić information content (AvgIpc) is 2.77. The van der Waals surface area contributed by atoms with Crippen LogP contribution in [0.1, 0.15) is 22.9 Å². The molecule has 1 saturated heterocycles. The quantitative estimate of drug-likeness (QED) is 0.846. The van der Waals surface area contributed by atoms with Crippen molar-refractivity contribution in [1.82, 2.24) is 19.6 Å². The third kappa shape index (κ3) is 3.26. The summed E-state index contributed by atoms with van der Waals surface area (Å²) in [7, 11) is 4.04. The minimum absolute atomic E-state index is 0.0404. The van der Waals surface area contributed by atoms with E-state index < -0.39 is 0 Å². The van der Waals surface area contributed by atoms with E-state index in [1.165, 1.54) is 0 Å². The molecular weight excluding hydrogens is 331 g/mol. The van der Waals surface area contributed by atoms with Crippen molar-refractivity contribution in [2.75, 3.05) is 33.2 Å². The van der Waals surface area contributed by atoms with E-state index in [2.05, 4.69) is 28.0 Å². The van der Waals surface area contributed by atoms with E-state index >= 15 is 0 Å². The Labute approximate surface area is 147 Å². The molecule has 0 spiro atoms. The number of benzene rings is 1. The zero-order valence-electron chi connectivity index (χ0n) is 13.8. The predicted octanol–water partition coefficient (Wildman–Crippen LogP) is 3.37. The summed E-state index contributed by atoms with van der Waals surface area (Å²) >= 11 is 13.1. The molecule has 2 heterocycles. The van der Waals surface area contributed by atoms with Gasteiger partial charge in [0.15, 0.2) is 0 Å². The molecule has 1 aliphatic heterocycles. The Hall–Kier alpha value is -1.07. The number of aromatic nitrogens is 2. The Kier molecular flexibility index (Phi) is 4.97. The highest BCUT2D eigenvalue weighted by Crippen LogP contribution is 2.38. The summed E-state index contributed by atoms with van der Waals surface area (Å²) in [4.78, 5) is 4.80. The van der Waals surface area contributed by atoms with Crippen molar-refractivity contribution in [1.29, 1.82) is 0 Å². The van der Waals surface area contributed by atoms with Crippen molar-refractivity contribution in [2.24, 2.45) is 7.05 Å². The Morgan fingerprint density at radius 1 is 1.04 bits per heavy atom. The van der Waals surface area contributed by atoms with Crippen molar-refractivity contribution in [3.05, 3.63) is 51.3 Å². The number of hydrogen-bond donors (Lipinski definition) is 0. The summed E-state index contributed by atoms with van der Waals surface area (Å²) < 4.78 is 1.74. The number of piperazine rings is 1. The summed E-state index contributed by atoms with van der Waals surface area (Å²) in [6, 6.07) is 8.07. The molecule has 2 aromatic rings. The van der Waals surface area contributed by atoms with Crippen LogP contribution in [0.15, 0.2) is 24.3 Å². The largest absolute Gasteiger partial charge is 0.304 e. The summed E-state index contributed by atoms with van der Waals surface area (Å²) in [6.45, 7) is 6.06. The summed E-state index contributed by atoms with van der Waals surface area (Å²) in [5, 5.41) is 5.96. The van der Waals surface area contributed by atoms with Crippen molar-refractivity contribution >= 4 is 23.2 Å². The molecule has 1 unspecified atom stereocenters. The second kappa shape index (κ2) is 6.81. The molecule has 1 aliphatic rings. The van der Waals surface area contributed by atoms with E-state index in [-0.39, 0.29) is 6.04 Å². The molecule has 0 amide bonds. The average molecular weight is 353 g/mol. The van der Waals surface area contributed by atoms with E-state index in [1.54, 1.807) is 4.68 Å². The first-order valence-electron chi connectivity index (χ1n) is 7.85. The zero-order valence-corrected chi connectivity index (χ0v) is 15.3. The van der Waals surface area contributed by atoms with E-state index in [0.717, 1.165) is 48.0 Å². The molecule has 1 aromatic heterocycles. The van der Waals surface area contributed by atoms with Gasteiger partial charge in [0.25, 0.3) is 0 Å². The lowest BCUT2D eigenvalue weighted by Gasteiger charge is -2.38. The van der Waals surface area contributed by atoms with Crippen LogP contribution in [0.2, 0.25) is 10.2 Å². The van der Waals surface area contributed by atoms with Crippen LogP contribution in [-0.2, 0) is 7.05 Å². The van der Waals surface area contributed by atoms with Gasteiger partial charge in [-0.05, 0) is 25.6 Å². The summed E-state index contributed by atoms with van der Waals surface area (Å²) in [6.07, 6.45) is 0. The van der Waals surface area contributed by atoms with E-state index in [1.807, 2.05) is 32.2 Å². The van der Waals surface area contributed by atoms with E-state index in [4.69, 9.17) is 23.2 Å². The van der Waals surface area contributed by atoms with Crippen LogP contribution in [0, 0.1) is 6.92 Å². The number of nitrogens with zero attached hydrogens (tertiary/aromatic N) is 4. The monoisotopic (exact) mass is 352 g/mol. The van der Waals surface area contributed by atoms with Crippen molar-refractivity contribution in [2.45, 2.75) is 13.0 Å². The lowest BCUT2D eigenvalue weighted by molar-refractivity contribution is 0.127. The van der Waals surface area contributed by atoms with Gasteiger partial charge in [0.1, 0.15) is 5.15 Å². The summed E-state index contributed by atoms with van der Waals surface area (Å²) in [5.74, 6) is 0. The number of likely N-dealkylation sites (N-methyl/N-ethyl adjacent to an activating group) is 1. The van der Waals surface area contributed by atoms with Gasteiger partial charge in [0.05, 0.1) is 11.7 Å². The fraction of sp³-hybridized carbons (Fsp3) is 0.471. The van der Waals surface area contributed by atoms with E-state index in [0.29, 0.717) is 5.15 Å². The van der Waals surface area contributed by atoms with Crippen LogP contribution in [0.25, 0.3) is 0 Å². The lowest BCUT2D eigenvalue weighted by Crippen LogP contribution is -2.46. The predicted molar refractivity (Wildman–Crippen MR) is 95.3 cm³/mol. The molecule has 6 heteroatoms. The molecule has 0 aliphatic carbocycles. The molecule has 4 nitrogen and oxygen atoms in total. The van der Waals surface area contributed by atoms with Crippen molar-refractivity contribution in [3.63, 3.8) is 0 Å². The van der Waals surface area contributed by atoms with Crippen molar-refractivity contribution < 1.29 is 0 Å². The maximum Gasteiger partial charge on any atom is 0.132 e. The standard InChI is InChI=1S/C17H22Cl2N4/c1-12-15(17(19)22(3)20-12)16(13-6-4-5-7-14(13)18)23-10-8-21(2)9-11-23/h4-7,16H,8-11H2,1-3H3. The smallest absolute Gasteiger partial charge is 0.132 e. The molecule has 23 heavy (non-hydrogen) atoms. The van der Waals surface area contributed by atoms with Crippen molar-refractivity contribution in [3.8, 4) is 0 Å². The van der Waals surface area contributed by atoms with Gasteiger partial charge >= 0.3 is 0 Å². The zero-order chi connectivity index (χ0) is 16.6. The molecule has 3 rings (SSSR count). The highest BCUT2D eigenvalue weighted by Gasteiger charge is 2.31. The van der Waals surface area contributed by atoms with Gasteiger partial charge in [-0.1, -0.05) is 41.4 Å². The molecular formula is C17H22Cl2N4. The highest BCUT2D eigenvalue weighted by molar-refractivity contribution is 6.32. The number of halogens is 2. The van der Waals surface area contributed by atoms with Gasteiger partial charge in [-0.25, -0.2) is 0 Å². The minimum atomic E-state index is 0.0404. The normalized spacial score (nSPS) is 18.3. The minimum Gasteiger partial charge on any atom is -0.304 e. The Bertz CT molecular complexity index is 690. The van der Waals surface area contributed by atoms with Gasteiger partial charge < -0.3 is 4.90 Å². The second-order valence-electron chi connectivity index (χ2n) is 6.18. The topological polar surface area (TPSA) is 24.3 Å². The first-order valence-corrected chi connectivity index (χ1v) is 8.60. The second-order valence-corrected chi connectivity index (χ2v) is 6.94. The van der Waals surface area contributed by atoms with Crippen LogP contribution in [-0.4, -0.2) is 52.8 Å². The fourth-order valence-corrected chi connectivity index (χ4v) is 3.79. The number of rotatable bonds is 3. The fourth-order valence-electron chi connectivity index (χ4n) is 3.27. The Balaban J connectivity index is 2.09. The number of hydrogen-bond acceptors (Lipinski definition) is 3. The Morgan fingerprint density at radius 3 is 2.26 bits per heavy atom. The van der Waals surface area contributed by atoms with Crippen LogP contribution in [0.4, 0.5) is 0 Å². The van der Waals surface area contributed by atoms with Gasteiger partial charge in [0, 0.05) is 43.8 Å². The lowest BCUT2D eigenvalue weighted by atomic mass is 9.96. The van der Waals surface area contributed by atoms with Crippen LogP contribution >= 0.6 is 23.2 Å². The highest BCUT2D eigenvalue weighted by atomic mass is 35.5. The van der Waals surface area contributed by atoms with Gasteiger partial charge in [-0.2, -0.15) is 5.10 Å². The molecule has 0 radical (unpaired) electrons. The molecule has 1 atom stereocenters. The first kappa shape index (κ1) is 16.8. The molecule has 0 bridgehead atoms. The Morgan fingerprint density at radius 2 is 1.70 bits per heavy atom. The van der Waals surface area contributed by atoms with Crippen LogP contribution < -0.4 is 0 Å². The number of aryl methyl sites for hydroxylation is 2. The van der Waals surface area contributed by atoms with Gasteiger partial charge in [-0.15, -0.1) is 0 Å². The maximum absolute atomic E-state index is 6.58. The third-order valence-corrected chi connectivity index (χ3v) is 5.36. The molecule has 1 fully saturated rings. The molecule has 1 aromatic carbocycles. The van der Waals surface area contributed by atoms with Crippen LogP contribution in [0.5, 0.6) is 0 Å². The van der Waals surface area contributed by atoms with Gasteiger partial charge in [-0.3, -0.25) is 9.58 Å². The van der Waals surface area contributed by atoms with Gasteiger partial charge in [0.2, 0.25) is 0 Å². The summed E-state index contributed by atoms with van der Waals surface area (Å²) in [5.41, 5.74) is 3.12. The SMILES string of the molecule is Cc1nn(C)c(Cl)c1C(c1ccccc1Cl)N1CCN(C)CC1. The first-order chi connectivity index (χ1) is 11.0. The molecule has 0 N–H and O–H groups in total. The van der Waals surface area contributed by atoms with E-state index in [9.17, 15) is 0 Å². The van der Waals surface area contributed by atoms with Crippen LogP contribution in [0.3, 0.4) is 0 Å². The maximum atomic E-state index is 6.58.